The van der Waals surface area contributed by atoms with Crippen molar-refractivity contribution in [1.82, 2.24) is 25.0 Å². The zero-order chi connectivity index (χ0) is 21.3. The molecule has 2 atom stereocenters. The number of nitrogens with two attached hydrogens (primary N) is 1. The Morgan fingerprint density at radius 3 is 2.60 bits per heavy atom. The molecule has 4 aromatic rings. The average molecular weight is 426 g/mol. The summed E-state index contributed by atoms with van der Waals surface area (Å²) in [5.74, 6) is 0.170. The van der Waals surface area contributed by atoms with Crippen LogP contribution in [0.15, 0.2) is 49.1 Å². The Bertz CT molecular complexity index is 1160. The van der Waals surface area contributed by atoms with Gasteiger partial charge in [0.1, 0.15) is 23.0 Å². The van der Waals surface area contributed by atoms with Crippen LogP contribution < -0.4 is 10.5 Å². The fourth-order valence-electron chi connectivity index (χ4n) is 2.93. The number of pyridine rings is 1. The molecule has 0 bridgehead atoms. The topological polar surface area (TPSA) is 112 Å². The number of anilines is 1. The molecule has 0 aliphatic carbocycles. The Kier molecular flexibility index (Phi) is 5.42. The van der Waals surface area contributed by atoms with Gasteiger partial charge in [0, 0.05) is 23.5 Å². The zero-order valence-electron chi connectivity index (χ0n) is 16.2. The Labute approximate surface area is 175 Å². The second-order valence-corrected chi connectivity index (χ2v) is 7.69. The fourth-order valence-corrected chi connectivity index (χ4v) is 3.76. The molecule has 0 amide bonds. The number of hydrogen-bond acceptors (Lipinski definition) is 8. The summed E-state index contributed by atoms with van der Waals surface area (Å²) in [4.78, 5) is 10.7. The first-order valence-electron chi connectivity index (χ1n) is 9.15. The average Bonchev–Trinajstić information content (AvgIpc) is 3.42. The van der Waals surface area contributed by atoms with Crippen molar-refractivity contribution in [1.29, 1.82) is 0 Å². The fraction of sp³-hybridized carbons (Fsp3) is 0.200. The number of benzene rings is 1. The van der Waals surface area contributed by atoms with Gasteiger partial charge in [-0.3, -0.25) is 0 Å². The Morgan fingerprint density at radius 1 is 1.13 bits per heavy atom. The van der Waals surface area contributed by atoms with Crippen LogP contribution in [-0.2, 0) is 0 Å². The van der Waals surface area contributed by atoms with E-state index in [9.17, 15) is 9.50 Å². The molecule has 3 N–H and O–H groups in total. The van der Waals surface area contributed by atoms with E-state index >= 15 is 0 Å². The van der Waals surface area contributed by atoms with Gasteiger partial charge in [-0.2, -0.15) is 15.0 Å². The molecule has 1 unspecified atom stereocenters. The molecule has 0 aliphatic rings. The molecule has 0 saturated heterocycles. The van der Waals surface area contributed by atoms with Crippen LogP contribution in [0, 0.1) is 5.82 Å². The van der Waals surface area contributed by atoms with Crippen molar-refractivity contribution in [3.63, 3.8) is 0 Å². The number of nitrogens with zero attached hydrogens (tertiary/aromatic N) is 5. The molecule has 3 aromatic heterocycles. The van der Waals surface area contributed by atoms with E-state index in [1.165, 1.54) is 28.3 Å². The molecule has 0 radical (unpaired) electrons. The van der Waals surface area contributed by atoms with E-state index in [-0.39, 0.29) is 5.82 Å². The zero-order valence-corrected chi connectivity index (χ0v) is 17.0. The first kappa shape index (κ1) is 19.9. The number of ether oxygens (including phenoxy) is 1. The van der Waals surface area contributed by atoms with Gasteiger partial charge in [-0.25, -0.2) is 14.4 Å². The number of aliphatic hydroxyl groups excluding tert-OH is 1. The molecule has 0 aliphatic heterocycles. The molecular weight excluding hydrogens is 407 g/mol. The van der Waals surface area contributed by atoms with Crippen molar-refractivity contribution < 1.29 is 14.2 Å². The molecule has 10 heteroatoms. The standard InChI is InChI=1S/C20H19FN6O2S/c1-11(28)20-24-10-18(30-20)13-7-17(19(22)23-9-13)29-12(2)15-8-14(21)3-4-16(15)27-25-5-6-26-27/h3-12,28H,1-2H3,(H2,22,23)/t11?,12-/m1/s1. The maximum absolute atomic E-state index is 14.0. The van der Waals surface area contributed by atoms with Crippen LogP contribution in [0.1, 0.15) is 36.6 Å². The predicted molar refractivity (Wildman–Crippen MR) is 111 cm³/mol. The summed E-state index contributed by atoms with van der Waals surface area (Å²) in [6.45, 7) is 3.44. The number of nitrogen functional groups attached to an aromatic ring is 1. The lowest BCUT2D eigenvalue weighted by atomic mass is 10.1. The van der Waals surface area contributed by atoms with Crippen molar-refractivity contribution in [3.8, 4) is 21.9 Å². The summed E-state index contributed by atoms with van der Waals surface area (Å²) in [6, 6.07) is 6.07. The highest BCUT2D eigenvalue weighted by Gasteiger charge is 2.18. The minimum Gasteiger partial charge on any atom is -0.482 e. The summed E-state index contributed by atoms with van der Waals surface area (Å²) < 4.78 is 20.0. The number of aliphatic hydroxyl groups is 1. The number of aromatic nitrogens is 5. The third-order valence-corrected chi connectivity index (χ3v) is 5.63. The monoisotopic (exact) mass is 426 g/mol. The molecule has 0 fully saturated rings. The first-order chi connectivity index (χ1) is 14.4. The third-order valence-electron chi connectivity index (χ3n) is 4.41. The molecule has 0 spiro atoms. The number of halogens is 1. The van der Waals surface area contributed by atoms with Gasteiger partial charge in [-0.15, -0.1) is 11.3 Å². The molecule has 154 valence electrons. The SMILES string of the molecule is CC(O)c1ncc(-c2cnc(N)c(O[C@H](C)c3cc(F)ccc3-n3nccn3)c2)s1. The van der Waals surface area contributed by atoms with Crippen LogP contribution >= 0.6 is 11.3 Å². The van der Waals surface area contributed by atoms with Crippen LogP contribution in [0.4, 0.5) is 10.2 Å². The summed E-state index contributed by atoms with van der Waals surface area (Å²) in [5, 5.41) is 18.5. The highest BCUT2D eigenvalue weighted by Crippen LogP contribution is 2.35. The van der Waals surface area contributed by atoms with E-state index in [0.29, 0.717) is 22.0 Å². The minimum atomic E-state index is -0.650. The van der Waals surface area contributed by atoms with Crippen LogP contribution in [0.5, 0.6) is 5.75 Å². The van der Waals surface area contributed by atoms with Gasteiger partial charge in [0.05, 0.1) is 23.0 Å². The summed E-state index contributed by atoms with van der Waals surface area (Å²) in [5.41, 5.74) is 7.93. The van der Waals surface area contributed by atoms with Crippen molar-refractivity contribution >= 4 is 17.2 Å². The highest BCUT2D eigenvalue weighted by molar-refractivity contribution is 7.15. The van der Waals surface area contributed by atoms with Crippen molar-refractivity contribution in [2.24, 2.45) is 0 Å². The lowest BCUT2D eigenvalue weighted by molar-refractivity contribution is 0.199. The van der Waals surface area contributed by atoms with Crippen molar-refractivity contribution in [2.45, 2.75) is 26.1 Å². The first-order valence-corrected chi connectivity index (χ1v) is 9.96. The second kappa shape index (κ2) is 8.17. The molecule has 1 aromatic carbocycles. The predicted octanol–water partition coefficient (Wildman–Crippen LogP) is 3.70. The molecule has 30 heavy (non-hydrogen) atoms. The third kappa shape index (κ3) is 4.00. The van der Waals surface area contributed by atoms with Gasteiger partial charge in [0.2, 0.25) is 0 Å². The lowest BCUT2D eigenvalue weighted by Crippen LogP contribution is -2.11. The number of thiazole rings is 1. The molecule has 0 saturated carbocycles. The van der Waals surface area contributed by atoms with E-state index < -0.39 is 18.0 Å². The van der Waals surface area contributed by atoms with Crippen molar-refractivity contribution in [3.05, 3.63) is 65.4 Å². The van der Waals surface area contributed by atoms with Crippen LogP contribution in [-0.4, -0.2) is 30.1 Å². The maximum atomic E-state index is 14.0. The minimum absolute atomic E-state index is 0.209. The normalized spacial score (nSPS) is 13.2. The second-order valence-electron chi connectivity index (χ2n) is 6.63. The van der Waals surface area contributed by atoms with E-state index in [0.717, 1.165) is 10.4 Å². The van der Waals surface area contributed by atoms with Gasteiger partial charge in [-0.05, 0) is 38.1 Å². The quantitative estimate of drug-likeness (QED) is 0.483. The van der Waals surface area contributed by atoms with Gasteiger partial charge in [0.25, 0.3) is 0 Å². The molecule has 8 nitrogen and oxygen atoms in total. The lowest BCUT2D eigenvalue weighted by Gasteiger charge is -2.19. The van der Waals surface area contributed by atoms with E-state index in [4.69, 9.17) is 10.5 Å². The Hall–Kier alpha value is -3.37. The van der Waals surface area contributed by atoms with E-state index in [2.05, 4.69) is 20.2 Å². The van der Waals surface area contributed by atoms with Crippen LogP contribution in [0.25, 0.3) is 16.1 Å². The summed E-state index contributed by atoms with van der Waals surface area (Å²) in [7, 11) is 0. The van der Waals surface area contributed by atoms with Gasteiger partial charge >= 0.3 is 0 Å². The summed E-state index contributed by atoms with van der Waals surface area (Å²) in [6.07, 6.45) is 5.16. The Morgan fingerprint density at radius 2 is 1.90 bits per heavy atom. The maximum Gasteiger partial charge on any atom is 0.166 e. The molecule has 3 heterocycles. The Balaban J connectivity index is 1.65. The van der Waals surface area contributed by atoms with E-state index in [1.54, 1.807) is 50.8 Å². The van der Waals surface area contributed by atoms with E-state index in [1.807, 2.05) is 0 Å². The van der Waals surface area contributed by atoms with Gasteiger partial charge < -0.3 is 15.6 Å². The van der Waals surface area contributed by atoms with Crippen LogP contribution in [0.3, 0.4) is 0 Å². The summed E-state index contributed by atoms with van der Waals surface area (Å²) >= 11 is 1.36. The molecule has 4 rings (SSSR count). The van der Waals surface area contributed by atoms with Gasteiger partial charge in [0.15, 0.2) is 11.6 Å². The molecular formula is C20H19FN6O2S. The number of rotatable bonds is 6. The van der Waals surface area contributed by atoms with Crippen molar-refractivity contribution in [2.75, 3.05) is 5.73 Å². The number of hydrogen-bond donors (Lipinski definition) is 2. The van der Waals surface area contributed by atoms with Crippen LogP contribution in [0.2, 0.25) is 0 Å². The van der Waals surface area contributed by atoms with Gasteiger partial charge in [-0.1, -0.05) is 0 Å². The smallest absolute Gasteiger partial charge is 0.166 e. The largest absolute Gasteiger partial charge is 0.482 e. The highest BCUT2D eigenvalue weighted by atomic mass is 32.1.